The molecule has 3 heteroatoms. The lowest BCUT2D eigenvalue weighted by molar-refractivity contribution is 0.297. The van der Waals surface area contributed by atoms with Crippen LogP contribution < -0.4 is 4.74 Å². The van der Waals surface area contributed by atoms with Gasteiger partial charge in [-0.2, -0.15) is 0 Å². The summed E-state index contributed by atoms with van der Waals surface area (Å²) in [5.74, 6) is 1.72. The van der Waals surface area contributed by atoms with Crippen molar-refractivity contribution < 1.29 is 4.74 Å². The Morgan fingerprint density at radius 3 is 2.74 bits per heavy atom. The minimum Gasteiger partial charge on any atom is -0.486 e. The maximum atomic E-state index is 5.74. The van der Waals surface area contributed by atoms with Crippen molar-refractivity contribution in [3.8, 4) is 5.75 Å². The Hall–Kier alpha value is -2.29. The first-order valence-corrected chi connectivity index (χ1v) is 6.35. The Morgan fingerprint density at radius 2 is 1.89 bits per heavy atom. The van der Waals surface area contributed by atoms with Crippen LogP contribution in [0.15, 0.2) is 42.5 Å². The van der Waals surface area contributed by atoms with Gasteiger partial charge in [0.05, 0.1) is 11.0 Å². The average Bonchev–Trinajstić information content (AvgIpc) is 2.78. The monoisotopic (exact) mass is 252 g/mol. The van der Waals surface area contributed by atoms with Gasteiger partial charge in [0.15, 0.2) is 0 Å². The molecule has 0 radical (unpaired) electrons. The van der Waals surface area contributed by atoms with E-state index in [1.165, 1.54) is 11.1 Å². The van der Waals surface area contributed by atoms with Crippen molar-refractivity contribution >= 4 is 11.0 Å². The summed E-state index contributed by atoms with van der Waals surface area (Å²) in [6.45, 7) is 4.58. The summed E-state index contributed by atoms with van der Waals surface area (Å²) in [5, 5.41) is 0. The zero-order chi connectivity index (χ0) is 13.2. The number of aryl methyl sites for hydroxylation is 2. The third kappa shape index (κ3) is 2.60. The Kier molecular flexibility index (Phi) is 2.95. The molecular weight excluding hydrogens is 236 g/mol. The number of fused-ring (bicyclic) bond motifs is 1. The largest absolute Gasteiger partial charge is 0.486 e. The van der Waals surface area contributed by atoms with Gasteiger partial charge in [-0.1, -0.05) is 18.2 Å². The van der Waals surface area contributed by atoms with Crippen LogP contribution in [0.4, 0.5) is 0 Å². The number of nitrogens with one attached hydrogen (secondary N) is 1. The highest BCUT2D eigenvalue weighted by atomic mass is 16.5. The van der Waals surface area contributed by atoms with Crippen molar-refractivity contribution in [2.24, 2.45) is 0 Å². The van der Waals surface area contributed by atoms with E-state index < -0.39 is 0 Å². The predicted octanol–water partition coefficient (Wildman–Crippen LogP) is 3.76. The molecule has 0 saturated heterocycles. The van der Waals surface area contributed by atoms with Crippen LogP contribution in [-0.4, -0.2) is 9.97 Å². The van der Waals surface area contributed by atoms with Crippen LogP contribution in [0.1, 0.15) is 17.0 Å². The van der Waals surface area contributed by atoms with Gasteiger partial charge in [-0.05, 0) is 49.2 Å². The molecule has 3 aromatic rings. The van der Waals surface area contributed by atoms with Crippen molar-refractivity contribution in [1.29, 1.82) is 0 Å². The number of rotatable bonds is 3. The molecule has 1 heterocycles. The first kappa shape index (κ1) is 11.8. The molecule has 19 heavy (non-hydrogen) atoms. The molecule has 1 aromatic heterocycles. The summed E-state index contributed by atoms with van der Waals surface area (Å²) in [7, 11) is 0. The highest BCUT2D eigenvalue weighted by Gasteiger charge is 2.03. The van der Waals surface area contributed by atoms with Crippen molar-refractivity contribution in [1.82, 2.24) is 9.97 Å². The highest BCUT2D eigenvalue weighted by Crippen LogP contribution is 2.16. The molecule has 3 nitrogen and oxygen atoms in total. The Labute approximate surface area is 112 Å². The Bertz CT molecular complexity index is 716. The number of ether oxygens (including phenoxy) is 1. The second kappa shape index (κ2) is 4.76. The van der Waals surface area contributed by atoms with E-state index in [1.807, 2.05) is 24.3 Å². The fourth-order valence-corrected chi connectivity index (χ4v) is 2.10. The van der Waals surface area contributed by atoms with Crippen LogP contribution in [0.3, 0.4) is 0 Å². The van der Waals surface area contributed by atoms with E-state index in [9.17, 15) is 0 Å². The van der Waals surface area contributed by atoms with E-state index >= 15 is 0 Å². The standard InChI is InChI=1S/C16H16N2O/c1-11-4-3-5-13(8-11)19-10-16-17-14-7-6-12(2)9-15(14)18-16/h3-9H,10H2,1-2H3,(H,17,18). The number of imidazole rings is 1. The van der Waals surface area contributed by atoms with Gasteiger partial charge >= 0.3 is 0 Å². The van der Waals surface area contributed by atoms with Crippen LogP contribution >= 0.6 is 0 Å². The summed E-state index contributed by atoms with van der Waals surface area (Å²) in [6.07, 6.45) is 0. The van der Waals surface area contributed by atoms with Crippen molar-refractivity contribution in [2.75, 3.05) is 0 Å². The second-order valence-electron chi connectivity index (χ2n) is 4.81. The summed E-state index contributed by atoms with van der Waals surface area (Å²) in [5.41, 5.74) is 4.45. The van der Waals surface area contributed by atoms with Crippen LogP contribution in [0, 0.1) is 13.8 Å². The van der Waals surface area contributed by atoms with Crippen LogP contribution in [0.25, 0.3) is 11.0 Å². The normalized spacial score (nSPS) is 10.8. The lowest BCUT2D eigenvalue weighted by atomic mass is 10.2. The molecule has 0 spiro atoms. The number of hydrogen-bond acceptors (Lipinski definition) is 2. The number of aromatic nitrogens is 2. The minimum absolute atomic E-state index is 0.456. The number of aromatic amines is 1. The molecule has 96 valence electrons. The number of benzene rings is 2. The van der Waals surface area contributed by atoms with Crippen LogP contribution in [0.2, 0.25) is 0 Å². The lowest BCUT2D eigenvalue weighted by Gasteiger charge is -2.04. The first-order chi connectivity index (χ1) is 9.20. The lowest BCUT2D eigenvalue weighted by Crippen LogP contribution is -1.97. The van der Waals surface area contributed by atoms with Crippen molar-refractivity contribution in [3.05, 3.63) is 59.4 Å². The number of nitrogens with zero attached hydrogens (tertiary/aromatic N) is 1. The molecule has 0 atom stereocenters. The van der Waals surface area contributed by atoms with Crippen LogP contribution in [-0.2, 0) is 6.61 Å². The molecule has 2 aromatic carbocycles. The smallest absolute Gasteiger partial charge is 0.146 e. The number of H-pyrrole nitrogens is 1. The fourth-order valence-electron chi connectivity index (χ4n) is 2.10. The molecule has 0 saturated carbocycles. The van der Waals surface area contributed by atoms with E-state index in [2.05, 4.69) is 42.0 Å². The maximum absolute atomic E-state index is 5.74. The van der Waals surface area contributed by atoms with Gasteiger partial charge in [-0.3, -0.25) is 0 Å². The van der Waals surface area contributed by atoms with Gasteiger partial charge < -0.3 is 9.72 Å². The summed E-state index contributed by atoms with van der Waals surface area (Å²) in [6, 6.07) is 14.2. The van der Waals surface area contributed by atoms with Gasteiger partial charge in [-0.25, -0.2) is 4.98 Å². The minimum atomic E-state index is 0.456. The van der Waals surface area contributed by atoms with Gasteiger partial charge in [0.25, 0.3) is 0 Å². The summed E-state index contributed by atoms with van der Waals surface area (Å²) in [4.78, 5) is 7.80. The van der Waals surface area contributed by atoms with E-state index in [4.69, 9.17) is 4.74 Å². The third-order valence-corrected chi connectivity index (χ3v) is 3.05. The molecule has 0 amide bonds. The SMILES string of the molecule is Cc1cccc(OCc2nc3ccc(C)cc3[nH]2)c1. The number of hydrogen-bond donors (Lipinski definition) is 1. The van der Waals surface area contributed by atoms with Crippen molar-refractivity contribution in [3.63, 3.8) is 0 Å². The molecule has 0 unspecified atom stereocenters. The summed E-state index contributed by atoms with van der Waals surface area (Å²) < 4.78 is 5.74. The van der Waals surface area contributed by atoms with Gasteiger partial charge in [0, 0.05) is 0 Å². The Balaban J connectivity index is 1.78. The summed E-state index contributed by atoms with van der Waals surface area (Å²) >= 11 is 0. The molecule has 0 bridgehead atoms. The Morgan fingerprint density at radius 1 is 1.05 bits per heavy atom. The second-order valence-corrected chi connectivity index (χ2v) is 4.81. The molecule has 0 fully saturated rings. The highest BCUT2D eigenvalue weighted by molar-refractivity contribution is 5.75. The molecular formula is C16H16N2O. The maximum Gasteiger partial charge on any atom is 0.146 e. The van der Waals surface area contributed by atoms with Gasteiger partial charge in [0.1, 0.15) is 18.2 Å². The molecule has 1 N–H and O–H groups in total. The van der Waals surface area contributed by atoms with Crippen LogP contribution in [0.5, 0.6) is 5.75 Å². The quantitative estimate of drug-likeness (QED) is 0.770. The molecule has 0 aliphatic rings. The van der Waals surface area contributed by atoms with E-state index in [0.29, 0.717) is 6.61 Å². The molecule has 0 aliphatic carbocycles. The van der Waals surface area contributed by atoms with Gasteiger partial charge in [0.2, 0.25) is 0 Å². The average molecular weight is 252 g/mol. The third-order valence-electron chi connectivity index (χ3n) is 3.05. The van der Waals surface area contributed by atoms with E-state index in [1.54, 1.807) is 0 Å². The molecule has 0 aliphatic heterocycles. The first-order valence-electron chi connectivity index (χ1n) is 6.35. The van der Waals surface area contributed by atoms with Crippen molar-refractivity contribution in [2.45, 2.75) is 20.5 Å². The predicted molar refractivity (Wildman–Crippen MR) is 76.3 cm³/mol. The zero-order valence-corrected chi connectivity index (χ0v) is 11.1. The molecule has 3 rings (SSSR count). The zero-order valence-electron chi connectivity index (χ0n) is 11.1. The van der Waals surface area contributed by atoms with Gasteiger partial charge in [-0.15, -0.1) is 0 Å². The fraction of sp³-hybridized carbons (Fsp3) is 0.188. The van der Waals surface area contributed by atoms with E-state index in [-0.39, 0.29) is 0 Å². The topological polar surface area (TPSA) is 37.9 Å². The van der Waals surface area contributed by atoms with E-state index in [0.717, 1.165) is 22.6 Å².